The number of benzene rings is 1. The largest absolute Gasteiger partial charge is 0.368 e. The molecular formula is C17H21N5O3. The van der Waals surface area contributed by atoms with Crippen LogP contribution in [0, 0.1) is 0 Å². The Balaban J connectivity index is 2.01. The fourth-order valence-corrected chi connectivity index (χ4v) is 2.06. The zero-order chi connectivity index (χ0) is 18.6. The molecule has 0 spiro atoms. The molecule has 2 aromatic rings. The van der Waals surface area contributed by atoms with Crippen LogP contribution in [-0.2, 0) is 11.3 Å². The number of amides is 3. The summed E-state index contributed by atoms with van der Waals surface area (Å²) >= 11 is 0. The van der Waals surface area contributed by atoms with Crippen LogP contribution in [0.1, 0.15) is 41.5 Å². The number of nitrogens with two attached hydrogens (primary N) is 1. The van der Waals surface area contributed by atoms with Crippen molar-refractivity contribution < 1.29 is 14.4 Å². The molecule has 3 amide bonds. The van der Waals surface area contributed by atoms with Crippen LogP contribution in [0.3, 0.4) is 0 Å². The van der Waals surface area contributed by atoms with Gasteiger partial charge in [0.2, 0.25) is 5.91 Å². The quantitative estimate of drug-likeness (QED) is 0.754. The Morgan fingerprint density at radius 1 is 1.08 bits per heavy atom. The second-order valence-corrected chi connectivity index (χ2v) is 6.63. The minimum absolute atomic E-state index is 0.0620. The maximum atomic E-state index is 12.2. The standard InChI is InChI=1S/C17H21N5O3/c1-17(2,3)21-16(25)12-6-4-11(5-7-12)15(24)20-13-8-19-22(9-13)10-14(18)23/h4-9H,10H2,1-3H3,(H2,18,23)(H,20,24)(H,21,25). The topological polar surface area (TPSA) is 119 Å². The van der Waals surface area contributed by atoms with Gasteiger partial charge < -0.3 is 16.4 Å². The van der Waals surface area contributed by atoms with Gasteiger partial charge in [-0.25, -0.2) is 0 Å². The first-order chi connectivity index (χ1) is 11.6. The molecule has 2 rings (SSSR count). The van der Waals surface area contributed by atoms with E-state index in [9.17, 15) is 14.4 Å². The smallest absolute Gasteiger partial charge is 0.255 e. The molecule has 1 aromatic carbocycles. The van der Waals surface area contributed by atoms with E-state index >= 15 is 0 Å². The van der Waals surface area contributed by atoms with Gasteiger partial charge in [-0.2, -0.15) is 5.10 Å². The molecule has 132 valence electrons. The third-order valence-corrected chi connectivity index (χ3v) is 3.11. The first kappa shape index (κ1) is 18.2. The lowest BCUT2D eigenvalue weighted by Gasteiger charge is -2.20. The molecule has 0 aliphatic carbocycles. The van der Waals surface area contributed by atoms with Crippen molar-refractivity contribution in [3.63, 3.8) is 0 Å². The molecule has 0 fully saturated rings. The number of rotatable bonds is 5. The van der Waals surface area contributed by atoms with Crippen molar-refractivity contribution >= 4 is 23.4 Å². The van der Waals surface area contributed by atoms with E-state index in [1.165, 1.54) is 17.1 Å². The molecule has 8 heteroatoms. The highest BCUT2D eigenvalue weighted by Gasteiger charge is 2.16. The van der Waals surface area contributed by atoms with E-state index in [0.29, 0.717) is 16.8 Å². The third-order valence-electron chi connectivity index (χ3n) is 3.11. The van der Waals surface area contributed by atoms with Crippen LogP contribution >= 0.6 is 0 Å². The maximum Gasteiger partial charge on any atom is 0.255 e. The molecule has 0 unspecified atom stereocenters. The lowest BCUT2D eigenvalue weighted by molar-refractivity contribution is -0.118. The monoisotopic (exact) mass is 343 g/mol. The highest BCUT2D eigenvalue weighted by Crippen LogP contribution is 2.11. The van der Waals surface area contributed by atoms with E-state index in [1.54, 1.807) is 24.3 Å². The molecule has 0 aliphatic rings. The zero-order valence-electron chi connectivity index (χ0n) is 14.4. The van der Waals surface area contributed by atoms with E-state index in [4.69, 9.17) is 5.73 Å². The van der Waals surface area contributed by atoms with Crippen LogP contribution < -0.4 is 16.4 Å². The van der Waals surface area contributed by atoms with Gasteiger partial charge in [0.1, 0.15) is 6.54 Å². The summed E-state index contributed by atoms with van der Waals surface area (Å²) in [6.45, 7) is 5.62. The minimum atomic E-state index is -0.523. The number of carbonyl (C=O) groups is 3. The molecule has 1 aromatic heterocycles. The van der Waals surface area contributed by atoms with Gasteiger partial charge in [0.15, 0.2) is 0 Å². The molecule has 25 heavy (non-hydrogen) atoms. The summed E-state index contributed by atoms with van der Waals surface area (Å²) in [4.78, 5) is 35.1. The number of aromatic nitrogens is 2. The second-order valence-electron chi connectivity index (χ2n) is 6.63. The van der Waals surface area contributed by atoms with E-state index in [-0.39, 0.29) is 23.9 Å². The Labute approximate surface area is 145 Å². The fourth-order valence-electron chi connectivity index (χ4n) is 2.06. The van der Waals surface area contributed by atoms with Crippen molar-refractivity contribution in [3.8, 4) is 0 Å². The number of anilines is 1. The van der Waals surface area contributed by atoms with Crippen molar-refractivity contribution in [2.75, 3.05) is 5.32 Å². The Kier molecular flexibility index (Phi) is 5.21. The summed E-state index contributed by atoms with van der Waals surface area (Å²) < 4.78 is 1.33. The molecule has 0 bridgehead atoms. The molecule has 8 nitrogen and oxygen atoms in total. The van der Waals surface area contributed by atoms with Crippen LogP contribution in [0.5, 0.6) is 0 Å². The number of hydrogen-bond donors (Lipinski definition) is 3. The first-order valence-corrected chi connectivity index (χ1v) is 7.69. The highest BCUT2D eigenvalue weighted by atomic mass is 16.2. The summed E-state index contributed by atoms with van der Waals surface area (Å²) in [6, 6.07) is 6.32. The Morgan fingerprint density at radius 2 is 1.64 bits per heavy atom. The van der Waals surface area contributed by atoms with Crippen LogP contribution in [0.25, 0.3) is 0 Å². The fraction of sp³-hybridized carbons (Fsp3) is 0.294. The number of nitrogens with zero attached hydrogens (tertiary/aromatic N) is 2. The van der Waals surface area contributed by atoms with Crippen molar-refractivity contribution in [2.45, 2.75) is 32.9 Å². The van der Waals surface area contributed by atoms with Crippen LogP contribution in [0.2, 0.25) is 0 Å². The average molecular weight is 343 g/mol. The summed E-state index contributed by atoms with van der Waals surface area (Å²) in [6.07, 6.45) is 2.93. The Morgan fingerprint density at radius 3 is 2.16 bits per heavy atom. The maximum absolute atomic E-state index is 12.2. The number of hydrogen-bond acceptors (Lipinski definition) is 4. The van der Waals surface area contributed by atoms with E-state index < -0.39 is 5.91 Å². The first-order valence-electron chi connectivity index (χ1n) is 7.69. The van der Waals surface area contributed by atoms with E-state index in [0.717, 1.165) is 0 Å². The van der Waals surface area contributed by atoms with E-state index in [1.807, 2.05) is 20.8 Å². The molecule has 0 radical (unpaired) electrons. The molecular weight excluding hydrogens is 322 g/mol. The number of primary amides is 1. The minimum Gasteiger partial charge on any atom is -0.368 e. The SMILES string of the molecule is CC(C)(C)NC(=O)c1ccc(C(=O)Nc2cnn(CC(N)=O)c2)cc1. The van der Waals surface area contributed by atoms with Crippen molar-refractivity contribution in [2.24, 2.45) is 5.73 Å². The van der Waals surface area contributed by atoms with Gasteiger partial charge in [-0.1, -0.05) is 0 Å². The molecule has 0 atom stereocenters. The Bertz CT molecular complexity index is 787. The third kappa shape index (κ3) is 5.45. The molecule has 4 N–H and O–H groups in total. The molecule has 0 aliphatic heterocycles. The van der Waals surface area contributed by atoms with Crippen LogP contribution in [0.4, 0.5) is 5.69 Å². The predicted molar refractivity (Wildman–Crippen MR) is 93.0 cm³/mol. The molecule has 1 heterocycles. The second kappa shape index (κ2) is 7.16. The van der Waals surface area contributed by atoms with Crippen LogP contribution in [-0.4, -0.2) is 33.0 Å². The van der Waals surface area contributed by atoms with Gasteiger partial charge in [-0.15, -0.1) is 0 Å². The number of nitrogens with one attached hydrogen (secondary N) is 2. The lowest BCUT2D eigenvalue weighted by atomic mass is 10.1. The average Bonchev–Trinajstić information content (AvgIpc) is 2.91. The summed E-state index contributed by atoms with van der Waals surface area (Å²) in [5.74, 6) is -1.07. The van der Waals surface area contributed by atoms with Gasteiger partial charge in [0.05, 0.1) is 11.9 Å². The molecule has 0 saturated carbocycles. The van der Waals surface area contributed by atoms with Crippen molar-refractivity contribution in [3.05, 3.63) is 47.8 Å². The molecule has 0 saturated heterocycles. The summed E-state index contributed by atoms with van der Waals surface area (Å²) in [7, 11) is 0. The van der Waals surface area contributed by atoms with E-state index in [2.05, 4.69) is 15.7 Å². The lowest BCUT2D eigenvalue weighted by Crippen LogP contribution is -2.40. The number of carbonyl (C=O) groups excluding carboxylic acids is 3. The Hall–Kier alpha value is -3.16. The summed E-state index contributed by atoms with van der Waals surface area (Å²) in [5.41, 5.74) is 6.06. The van der Waals surface area contributed by atoms with Gasteiger partial charge >= 0.3 is 0 Å². The highest BCUT2D eigenvalue weighted by molar-refractivity contribution is 6.05. The van der Waals surface area contributed by atoms with Crippen molar-refractivity contribution in [1.29, 1.82) is 0 Å². The zero-order valence-corrected chi connectivity index (χ0v) is 14.4. The predicted octanol–water partition coefficient (Wildman–Crippen LogP) is 1.15. The van der Waals surface area contributed by atoms with Crippen LogP contribution in [0.15, 0.2) is 36.7 Å². The van der Waals surface area contributed by atoms with Gasteiger partial charge in [-0.3, -0.25) is 19.1 Å². The van der Waals surface area contributed by atoms with Crippen molar-refractivity contribution in [1.82, 2.24) is 15.1 Å². The normalized spacial score (nSPS) is 11.0. The van der Waals surface area contributed by atoms with Gasteiger partial charge in [-0.05, 0) is 45.0 Å². The summed E-state index contributed by atoms with van der Waals surface area (Å²) in [5, 5.41) is 9.44. The van der Waals surface area contributed by atoms with Gasteiger partial charge in [0, 0.05) is 22.9 Å². The van der Waals surface area contributed by atoms with Gasteiger partial charge in [0.25, 0.3) is 11.8 Å².